The Labute approximate surface area is 243 Å². The molecule has 0 N–H and O–H groups in total. The molecule has 10 heteroatoms. The van der Waals surface area contributed by atoms with Gasteiger partial charge in [-0.2, -0.15) is 0 Å². The molecule has 0 spiro atoms. The second kappa shape index (κ2) is 14.5. The van der Waals surface area contributed by atoms with E-state index < -0.39 is 37.8 Å². The van der Waals surface area contributed by atoms with Crippen molar-refractivity contribution in [2.45, 2.75) is 34.6 Å². The highest BCUT2D eigenvalue weighted by Gasteiger charge is 2.14. The van der Waals surface area contributed by atoms with E-state index in [1.807, 2.05) is 38.1 Å². The van der Waals surface area contributed by atoms with Crippen LogP contribution in [-0.2, 0) is 28.5 Å². The minimum absolute atomic E-state index is 0.188. The second-order valence-electron chi connectivity index (χ2n) is 9.59. The zero-order valence-corrected chi connectivity index (χ0v) is 24.1. The molecule has 0 aliphatic rings. The van der Waals surface area contributed by atoms with Crippen LogP contribution in [0.4, 0.5) is 9.59 Å². The summed E-state index contributed by atoms with van der Waals surface area (Å²) in [6, 6.07) is 18.0. The maximum atomic E-state index is 11.9. The first kappa shape index (κ1) is 31.4. The molecular weight excluding hydrogens is 544 g/mol. The Kier molecular flexibility index (Phi) is 10.8. The van der Waals surface area contributed by atoms with Gasteiger partial charge in [-0.3, -0.25) is 4.79 Å². The number of aryl methyl sites for hydroxylation is 2. The first-order chi connectivity index (χ1) is 19.9. The lowest BCUT2D eigenvalue weighted by Gasteiger charge is -2.14. The number of hydrogen-bond donors (Lipinski definition) is 0. The Bertz CT molecular complexity index is 1450. The molecule has 0 radical (unpaired) electrons. The molecule has 0 aliphatic heterocycles. The number of rotatable bonds is 10. The number of carbonyl (C=O) groups excluding carboxylic acids is 4. The van der Waals surface area contributed by atoms with E-state index in [9.17, 15) is 19.2 Å². The zero-order chi connectivity index (χ0) is 30.8. The molecule has 0 saturated heterocycles. The van der Waals surface area contributed by atoms with Crippen molar-refractivity contribution in [3.05, 3.63) is 83.9 Å². The van der Waals surface area contributed by atoms with E-state index in [4.69, 9.17) is 28.4 Å². The Morgan fingerprint density at radius 2 is 1.07 bits per heavy atom. The van der Waals surface area contributed by atoms with Crippen LogP contribution < -0.4 is 9.47 Å². The maximum Gasteiger partial charge on any atom is 0.516 e. The summed E-state index contributed by atoms with van der Waals surface area (Å²) in [4.78, 5) is 46.5. The van der Waals surface area contributed by atoms with Crippen molar-refractivity contribution in [1.29, 1.82) is 0 Å². The highest BCUT2D eigenvalue weighted by molar-refractivity contribution is 5.87. The van der Waals surface area contributed by atoms with E-state index in [-0.39, 0.29) is 23.0 Å². The largest absolute Gasteiger partial charge is 0.516 e. The molecule has 3 aromatic carbocycles. The van der Waals surface area contributed by atoms with Crippen LogP contribution in [0.1, 0.15) is 31.9 Å². The van der Waals surface area contributed by atoms with Crippen molar-refractivity contribution in [2.75, 3.05) is 13.6 Å². The predicted octanol–water partition coefficient (Wildman–Crippen LogP) is 6.90. The topological polar surface area (TPSA) is 124 Å². The molecule has 0 amide bonds. The van der Waals surface area contributed by atoms with Crippen molar-refractivity contribution in [2.24, 2.45) is 5.92 Å². The van der Waals surface area contributed by atoms with Gasteiger partial charge in [-0.05, 0) is 78.4 Å². The molecule has 0 saturated carbocycles. The Morgan fingerprint density at radius 3 is 1.45 bits per heavy atom. The van der Waals surface area contributed by atoms with Gasteiger partial charge in [0.1, 0.15) is 11.5 Å². The van der Waals surface area contributed by atoms with Crippen molar-refractivity contribution < 1.29 is 47.6 Å². The summed E-state index contributed by atoms with van der Waals surface area (Å²) in [5.41, 5.74) is 6.06. The molecule has 42 heavy (non-hydrogen) atoms. The van der Waals surface area contributed by atoms with Gasteiger partial charge in [-0.1, -0.05) is 56.8 Å². The van der Waals surface area contributed by atoms with Crippen molar-refractivity contribution >= 4 is 24.2 Å². The molecule has 220 valence electrons. The predicted molar refractivity (Wildman–Crippen MR) is 153 cm³/mol. The molecule has 0 aliphatic carbocycles. The van der Waals surface area contributed by atoms with Crippen LogP contribution in [0, 0.1) is 19.8 Å². The monoisotopic (exact) mass is 576 g/mol. The van der Waals surface area contributed by atoms with E-state index in [0.29, 0.717) is 0 Å². The molecule has 0 unspecified atom stereocenters. The first-order valence-electron chi connectivity index (χ1n) is 12.9. The third-order valence-corrected chi connectivity index (χ3v) is 5.87. The molecule has 0 bridgehead atoms. The van der Waals surface area contributed by atoms with Crippen LogP contribution in [0.3, 0.4) is 0 Å². The highest BCUT2D eigenvalue weighted by Crippen LogP contribution is 2.33. The zero-order valence-electron chi connectivity index (χ0n) is 24.1. The van der Waals surface area contributed by atoms with Gasteiger partial charge in [0.15, 0.2) is 0 Å². The summed E-state index contributed by atoms with van der Waals surface area (Å²) in [7, 11) is 0. The Hall–Kier alpha value is -5.12. The van der Waals surface area contributed by atoms with Crippen LogP contribution >= 0.6 is 0 Å². The minimum atomic E-state index is -1.01. The van der Waals surface area contributed by atoms with Crippen LogP contribution in [0.15, 0.2) is 72.8 Å². The highest BCUT2D eigenvalue weighted by atomic mass is 16.8. The van der Waals surface area contributed by atoms with Gasteiger partial charge in [-0.25, -0.2) is 14.4 Å². The summed E-state index contributed by atoms with van der Waals surface area (Å²) in [5.74, 6) is -0.928. The average Bonchev–Trinajstić information content (AvgIpc) is 2.94. The fourth-order valence-corrected chi connectivity index (χ4v) is 3.65. The number of ether oxygens (including phenoxy) is 6. The van der Waals surface area contributed by atoms with Gasteiger partial charge in [0, 0.05) is 5.57 Å². The fourth-order valence-electron chi connectivity index (χ4n) is 3.65. The van der Waals surface area contributed by atoms with Crippen molar-refractivity contribution in [3.63, 3.8) is 0 Å². The van der Waals surface area contributed by atoms with Crippen LogP contribution in [-0.4, -0.2) is 37.8 Å². The lowest BCUT2D eigenvalue weighted by atomic mass is 9.92. The summed E-state index contributed by atoms with van der Waals surface area (Å²) >= 11 is 0. The van der Waals surface area contributed by atoms with Gasteiger partial charge < -0.3 is 28.4 Å². The minimum Gasteiger partial charge on any atom is -0.427 e. The van der Waals surface area contributed by atoms with Crippen molar-refractivity contribution in [3.8, 4) is 33.8 Å². The van der Waals surface area contributed by atoms with Gasteiger partial charge in [0.05, 0.1) is 5.92 Å². The molecule has 3 rings (SSSR count). The summed E-state index contributed by atoms with van der Waals surface area (Å²) < 4.78 is 29.3. The molecular formula is C32H32O10. The van der Waals surface area contributed by atoms with Crippen LogP contribution in [0.25, 0.3) is 22.3 Å². The summed E-state index contributed by atoms with van der Waals surface area (Å²) in [6.45, 7) is 11.2. The second-order valence-corrected chi connectivity index (χ2v) is 9.59. The normalized spacial score (nSPS) is 10.4. The number of hydrogen-bond acceptors (Lipinski definition) is 10. The smallest absolute Gasteiger partial charge is 0.427 e. The maximum absolute atomic E-state index is 11.9. The van der Waals surface area contributed by atoms with Crippen LogP contribution in [0.5, 0.6) is 11.5 Å². The lowest BCUT2D eigenvalue weighted by molar-refractivity contribution is -0.156. The van der Waals surface area contributed by atoms with Gasteiger partial charge in [0.25, 0.3) is 0 Å². The third-order valence-electron chi connectivity index (χ3n) is 5.87. The lowest BCUT2D eigenvalue weighted by Crippen LogP contribution is -2.18. The molecule has 3 aromatic rings. The molecule has 10 nitrogen and oxygen atoms in total. The SMILES string of the molecule is C=C(C)C(=O)OCOC(=O)Oc1ccc(-c2cc(C)c(-c3ccc(OC(=O)OCOC(=O)C(C)C)cc3)cc2C)cc1. The number of benzene rings is 3. The van der Waals surface area contributed by atoms with E-state index in [2.05, 4.69) is 18.7 Å². The average molecular weight is 577 g/mol. The van der Waals surface area contributed by atoms with E-state index in [1.165, 1.54) is 6.92 Å². The van der Waals surface area contributed by atoms with E-state index in [1.54, 1.807) is 38.1 Å². The molecule has 0 heterocycles. The standard InChI is InChI=1S/C32H32O10/c1-19(2)29(33)37-17-39-31(35)41-25-11-7-23(8-12-25)27-15-22(6)28(16-21(27)5)24-9-13-26(14-10-24)42-32(36)40-18-38-30(34)20(3)4/h7-16,20H,1,17-18H2,2-6H3. The van der Waals surface area contributed by atoms with Crippen LogP contribution in [0.2, 0.25) is 0 Å². The molecule has 0 fully saturated rings. The van der Waals surface area contributed by atoms with E-state index in [0.717, 1.165) is 33.4 Å². The van der Waals surface area contributed by atoms with Gasteiger partial charge in [-0.15, -0.1) is 0 Å². The third kappa shape index (κ3) is 8.95. The van der Waals surface area contributed by atoms with Gasteiger partial charge >= 0.3 is 24.2 Å². The Morgan fingerprint density at radius 1 is 0.667 bits per heavy atom. The quantitative estimate of drug-likeness (QED) is 0.109. The molecule has 0 atom stereocenters. The number of carbonyl (C=O) groups is 4. The van der Waals surface area contributed by atoms with Gasteiger partial charge in [0.2, 0.25) is 13.6 Å². The summed E-state index contributed by atoms with van der Waals surface area (Å²) in [5, 5.41) is 0. The first-order valence-corrected chi connectivity index (χ1v) is 12.9. The Balaban J connectivity index is 1.60. The molecule has 0 aromatic heterocycles. The number of esters is 2. The fraction of sp³-hybridized carbons (Fsp3) is 0.250. The van der Waals surface area contributed by atoms with Crippen molar-refractivity contribution in [1.82, 2.24) is 0 Å². The van der Waals surface area contributed by atoms with E-state index >= 15 is 0 Å². The summed E-state index contributed by atoms with van der Waals surface area (Å²) in [6.07, 6.45) is -1.98.